The molecule has 2 aromatic carbocycles. The van der Waals surface area contributed by atoms with Gasteiger partial charge < -0.3 is 19.6 Å². The number of hydrogen-bond donors (Lipinski definition) is 1. The Labute approximate surface area is 194 Å². The first kappa shape index (κ1) is 23.8. The van der Waals surface area contributed by atoms with Gasteiger partial charge in [0.05, 0.1) is 17.7 Å². The van der Waals surface area contributed by atoms with Crippen LogP contribution in [0.15, 0.2) is 54.1 Å². The van der Waals surface area contributed by atoms with E-state index in [2.05, 4.69) is 0 Å². The number of carbonyl (C=O) groups excluding carboxylic acids is 2. The molecule has 6 nitrogen and oxygen atoms in total. The fraction of sp³-hybridized carbons (Fsp3) is 0.360. The Bertz CT molecular complexity index is 998. The van der Waals surface area contributed by atoms with E-state index >= 15 is 0 Å². The third-order valence-corrected chi connectivity index (χ3v) is 5.48. The zero-order valence-corrected chi connectivity index (χ0v) is 19.6. The van der Waals surface area contributed by atoms with Crippen molar-refractivity contribution in [3.05, 3.63) is 70.3 Å². The zero-order chi connectivity index (χ0) is 23.4. The fourth-order valence-corrected chi connectivity index (χ4v) is 3.90. The molecular weight excluding hydrogens is 428 g/mol. The lowest BCUT2D eigenvalue weighted by molar-refractivity contribution is -0.139. The monoisotopic (exact) mass is 456 g/mol. The molecule has 1 atom stereocenters. The second-order valence-electron chi connectivity index (χ2n) is 8.39. The Balaban J connectivity index is 2.05. The maximum Gasteiger partial charge on any atom is 0.295 e. The molecule has 170 valence electrons. The SMILES string of the molecule is CC(C)Oc1ccc(C2/C(=C(/O)c3ccc(Cl)cc3)C(=O)C(=O)N2CCCN(C)C)cc1. The first-order valence-electron chi connectivity index (χ1n) is 10.6. The number of amides is 1. The molecule has 1 heterocycles. The van der Waals surface area contributed by atoms with E-state index < -0.39 is 17.7 Å². The minimum atomic E-state index is -0.685. The number of halogens is 1. The van der Waals surface area contributed by atoms with Gasteiger partial charge in [-0.1, -0.05) is 23.7 Å². The predicted molar refractivity (Wildman–Crippen MR) is 126 cm³/mol. The molecule has 1 unspecified atom stereocenters. The van der Waals surface area contributed by atoms with Crippen LogP contribution in [-0.2, 0) is 9.59 Å². The van der Waals surface area contributed by atoms with E-state index in [1.54, 1.807) is 29.2 Å². The van der Waals surface area contributed by atoms with Gasteiger partial charge in [0.2, 0.25) is 0 Å². The van der Waals surface area contributed by atoms with Gasteiger partial charge in [-0.05, 0) is 82.9 Å². The highest BCUT2D eigenvalue weighted by atomic mass is 35.5. The van der Waals surface area contributed by atoms with Crippen molar-refractivity contribution >= 4 is 29.1 Å². The molecule has 3 rings (SSSR count). The van der Waals surface area contributed by atoms with E-state index in [0.29, 0.717) is 29.3 Å². The summed E-state index contributed by atoms with van der Waals surface area (Å²) >= 11 is 5.97. The summed E-state index contributed by atoms with van der Waals surface area (Å²) in [4.78, 5) is 29.5. The van der Waals surface area contributed by atoms with Crippen LogP contribution in [0.3, 0.4) is 0 Å². The lowest BCUT2D eigenvalue weighted by Crippen LogP contribution is -2.32. The van der Waals surface area contributed by atoms with Crippen LogP contribution >= 0.6 is 11.6 Å². The largest absolute Gasteiger partial charge is 0.507 e. The van der Waals surface area contributed by atoms with E-state index in [0.717, 1.165) is 12.1 Å². The Morgan fingerprint density at radius 3 is 2.28 bits per heavy atom. The number of rotatable bonds is 8. The average Bonchev–Trinajstić information content (AvgIpc) is 2.99. The van der Waals surface area contributed by atoms with Gasteiger partial charge in [0.25, 0.3) is 11.7 Å². The normalized spacial score (nSPS) is 18.1. The minimum Gasteiger partial charge on any atom is -0.507 e. The van der Waals surface area contributed by atoms with E-state index in [9.17, 15) is 14.7 Å². The summed E-state index contributed by atoms with van der Waals surface area (Å²) in [7, 11) is 3.92. The zero-order valence-electron chi connectivity index (χ0n) is 18.8. The van der Waals surface area contributed by atoms with Crippen LogP contribution in [0, 0.1) is 0 Å². The number of ketones is 1. The maximum atomic E-state index is 13.0. The number of hydrogen-bond acceptors (Lipinski definition) is 5. The van der Waals surface area contributed by atoms with Crippen LogP contribution in [0.25, 0.3) is 5.76 Å². The summed E-state index contributed by atoms with van der Waals surface area (Å²) in [5.41, 5.74) is 1.26. The van der Waals surface area contributed by atoms with Crippen molar-refractivity contribution < 1.29 is 19.4 Å². The molecule has 2 aromatic rings. The van der Waals surface area contributed by atoms with Gasteiger partial charge in [-0.2, -0.15) is 0 Å². The number of ether oxygens (including phenoxy) is 1. The van der Waals surface area contributed by atoms with Gasteiger partial charge >= 0.3 is 0 Å². The quantitative estimate of drug-likeness (QED) is 0.360. The molecule has 1 fully saturated rings. The van der Waals surface area contributed by atoms with E-state index in [-0.39, 0.29) is 17.4 Å². The minimum absolute atomic E-state index is 0.0300. The van der Waals surface area contributed by atoms with Crippen molar-refractivity contribution in [1.29, 1.82) is 0 Å². The summed E-state index contributed by atoms with van der Waals surface area (Å²) in [6.45, 7) is 5.06. The van der Waals surface area contributed by atoms with Gasteiger partial charge in [-0.3, -0.25) is 9.59 Å². The number of nitrogens with zero attached hydrogens (tertiary/aromatic N) is 2. The van der Waals surface area contributed by atoms with Gasteiger partial charge in [0.1, 0.15) is 11.5 Å². The third-order valence-electron chi connectivity index (χ3n) is 5.23. The lowest BCUT2D eigenvalue weighted by atomic mass is 9.95. The molecule has 1 aliphatic rings. The predicted octanol–water partition coefficient (Wildman–Crippen LogP) is 4.50. The Morgan fingerprint density at radius 1 is 1.09 bits per heavy atom. The highest BCUT2D eigenvalue weighted by Gasteiger charge is 2.45. The van der Waals surface area contributed by atoms with Crippen LogP contribution in [-0.4, -0.2) is 59.9 Å². The average molecular weight is 457 g/mol. The molecule has 1 aliphatic heterocycles. The van der Waals surface area contributed by atoms with Crippen molar-refractivity contribution in [2.45, 2.75) is 32.4 Å². The summed E-state index contributed by atoms with van der Waals surface area (Å²) in [6, 6.07) is 13.2. The summed E-state index contributed by atoms with van der Waals surface area (Å²) in [5, 5.41) is 11.6. The molecule has 1 amide bonds. The molecule has 0 spiro atoms. The van der Waals surface area contributed by atoms with Crippen molar-refractivity contribution in [2.75, 3.05) is 27.2 Å². The van der Waals surface area contributed by atoms with Crippen LogP contribution in [0.4, 0.5) is 0 Å². The number of Topliss-reactive ketones (excluding diaryl/α,β-unsaturated/α-hetero) is 1. The Kier molecular flexibility index (Phi) is 7.59. The summed E-state index contributed by atoms with van der Waals surface area (Å²) in [5.74, 6) is -0.796. The fourth-order valence-electron chi connectivity index (χ4n) is 3.78. The molecule has 0 aliphatic carbocycles. The van der Waals surface area contributed by atoms with Crippen molar-refractivity contribution in [2.24, 2.45) is 0 Å². The van der Waals surface area contributed by atoms with Crippen LogP contribution < -0.4 is 4.74 Å². The molecule has 32 heavy (non-hydrogen) atoms. The van der Waals surface area contributed by atoms with Gasteiger partial charge in [-0.15, -0.1) is 0 Å². The van der Waals surface area contributed by atoms with Crippen molar-refractivity contribution in [3.8, 4) is 5.75 Å². The Hall–Kier alpha value is -2.83. The molecule has 1 saturated heterocycles. The third kappa shape index (κ3) is 5.31. The van der Waals surface area contributed by atoms with Crippen LogP contribution in [0.5, 0.6) is 5.75 Å². The van der Waals surface area contributed by atoms with Crippen LogP contribution in [0.1, 0.15) is 37.4 Å². The van der Waals surface area contributed by atoms with Crippen LogP contribution in [0.2, 0.25) is 5.02 Å². The molecule has 0 saturated carbocycles. The Morgan fingerprint density at radius 2 is 1.72 bits per heavy atom. The molecule has 1 N–H and O–H groups in total. The number of aliphatic hydroxyl groups excluding tert-OH is 1. The lowest BCUT2D eigenvalue weighted by Gasteiger charge is -2.26. The van der Waals surface area contributed by atoms with Gasteiger partial charge in [-0.25, -0.2) is 0 Å². The highest BCUT2D eigenvalue weighted by molar-refractivity contribution is 6.46. The number of likely N-dealkylation sites (tertiary alicyclic amines) is 1. The second-order valence-corrected chi connectivity index (χ2v) is 8.83. The van der Waals surface area contributed by atoms with Crippen molar-refractivity contribution in [1.82, 2.24) is 9.80 Å². The van der Waals surface area contributed by atoms with E-state index in [1.165, 1.54) is 0 Å². The number of carbonyl (C=O) groups is 2. The summed E-state index contributed by atoms with van der Waals surface area (Å²) in [6.07, 6.45) is 0.730. The topological polar surface area (TPSA) is 70.1 Å². The first-order valence-corrected chi connectivity index (χ1v) is 11.0. The number of benzene rings is 2. The van der Waals surface area contributed by atoms with Gasteiger partial charge in [0.15, 0.2) is 0 Å². The van der Waals surface area contributed by atoms with Gasteiger partial charge in [0, 0.05) is 17.1 Å². The molecular formula is C25H29ClN2O4. The highest BCUT2D eigenvalue weighted by Crippen LogP contribution is 2.40. The van der Waals surface area contributed by atoms with Crippen molar-refractivity contribution in [3.63, 3.8) is 0 Å². The second kappa shape index (κ2) is 10.2. The summed E-state index contributed by atoms with van der Waals surface area (Å²) < 4.78 is 5.72. The first-order chi connectivity index (χ1) is 15.2. The standard InChI is InChI=1S/C25H29ClN2O4/c1-16(2)32-20-12-8-17(9-13-20)22-21(23(29)18-6-10-19(26)11-7-18)24(30)25(31)28(22)15-5-14-27(3)4/h6-13,16,22,29H,5,14-15H2,1-4H3/b23-21-. The maximum absolute atomic E-state index is 13.0. The molecule has 0 aromatic heterocycles. The number of aliphatic hydroxyl groups is 1. The molecule has 0 radical (unpaired) electrons. The van der Waals surface area contributed by atoms with E-state index in [1.807, 2.05) is 57.1 Å². The smallest absolute Gasteiger partial charge is 0.295 e. The molecule has 7 heteroatoms. The van der Waals surface area contributed by atoms with E-state index in [4.69, 9.17) is 16.3 Å². The molecule has 0 bridgehead atoms.